The molecule has 0 atom stereocenters. The van der Waals surface area contributed by atoms with Crippen molar-refractivity contribution in [3.63, 3.8) is 0 Å². The summed E-state index contributed by atoms with van der Waals surface area (Å²) in [5.74, 6) is -0.899. The van der Waals surface area contributed by atoms with Crippen LogP contribution in [0.5, 0.6) is 0 Å². The molecule has 0 saturated carbocycles. The molecule has 3 rings (SSSR count). The van der Waals surface area contributed by atoms with E-state index in [9.17, 15) is 19.1 Å². The molecule has 1 saturated heterocycles. The standard InChI is InChI=1S/C20H24ClN3O3.C2H6.CH3F.F2/c1-13-4-6-16(7-5-13)20(19(26)27)8-10-23(11-9-20)17(25)12-24-15(3)18(21)14(2)22-24;3*1-2/h4-7H,8-12H2,1-3H3,(H,26,27);1-2H3;1H3;. The molecule has 1 amide bonds. The number of nitrogens with zero attached hydrogens (tertiary/aromatic N) is 3. The number of carbonyl (C=O) groups excluding carboxylic acids is 1. The fourth-order valence-electron chi connectivity index (χ4n) is 3.69. The van der Waals surface area contributed by atoms with Gasteiger partial charge >= 0.3 is 5.97 Å². The van der Waals surface area contributed by atoms with Crippen molar-refractivity contribution in [2.45, 2.75) is 59.4 Å². The van der Waals surface area contributed by atoms with Gasteiger partial charge in [0.15, 0.2) is 0 Å². The lowest BCUT2D eigenvalue weighted by atomic mass is 9.72. The molecule has 1 aromatic carbocycles. The van der Waals surface area contributed by atoms with Crippen molar-refractivity contribution in [1.29, 1.82) is 0 Å². The Morgan fingerprint density at radius 2 is 1.55 bits per heavy atom. The van der Waals surface area contributed by atoms with Crippen LogP contribution in [0.15, 0.2) is 24.3 Å². The quantitative estimate of drug-likeness (QED) is 0.607. The second-order valence-corrected chi connectivity index (χ2v) is 7.65. The van der Waals surface area contributed by atoms with Crippen molar-refractivity contribution in [2.24, 2.45) is 0 Å². The predicted molar refractivity (Wildman–Crippen MR) is 124 cm³/mol. The molecule has 186 valence electrons. The fraction of sp³-hybridized carbons (Fsp3) is 0.522. The number of amides is 1. The first-order valence-electron chi connectivity index (χ1n) is 10.5. The number of halogens is 4. The summed E-state index contributed by atoms with van der Waals surface area (Å²) >= 11 is 6.15. The summed E-state index contributed by atoms with van der Waals surface area (Å²) in [6.07, 6.45) is 0.796. The maximum absolute atomic E-state index is 12.7. The summed E-state index contributed by atoms with van der Waals surface area (Å²) in [5.41, 5.74) is 2.42. The Morgan fingerprint density at radius 3 is 1.94 bits per heavy atom. The predicted octanol–water partition coefficient (Wildman–Crippen LogP) is 5.56. The third-order valence-electron chi connectivity index (χ3n) is 5.56. The largest absolute Gasteiger partial charge is 0.481 e. The van der Waals surface area contributed by atoms with Gasteiger partial charge in [-0.1, -0.05) is 55.3 Å². The van der Waals surface area contributed by atoms with Crippen molar-refractivity contribution in [1.82, 2.24) is 14.7 Å². The number of benzene rings is 1. The van der Waals surface area contributed by atoms with E-state index < -0.39 is 11.4 Å². The molecule has 0 bridgehead atoms. The lowest BCUT2D eigenvalue weighted by molar-refractivity contribution is -0.148. The summed E-state index contributed by atoms with van der Waals surface area (Å²) in [6, 6.07) is 7.64. The number of aliphatic carboxylic acids is 1. The van der Waals surface area contributed by atoms with Crippen LogP contribution < -0.4 is 0 Å². The smallest absolute Gasteiger partial charge is 0.314 e. The van der Waals surface area contributed by atoms with Gasteiger partial charge in [-0.25, -0.2) is 0 Å². The topological polar surface area (TPSA) is 75.4 Å². The third-order valence-corrected chi connectivity index (χ3v) is 6.11. The molecule has 2 aromatic rings. The highest BCUT2D eigenvalue weighted by Gasteiger charge is 2.43. The van der Waals surface area contributed by atoms with Gasteiger partial charge in [-0.3, -0.25) is 18.7 Å². The van der Waals surface area contributed by atoms with E-state index in [4.69, 9.17) is 20.7 Å². The number of rotatable bonds is 4. The van der Waals surface area contributed by atoms with Crippen LogP contribution in [0, 0.1) is 20.8 Å². The Morgan fingerprint density at radius 1 is 1.06 bits per heavy atom. The minimum absolute atomic E-state index is 0.0693. The SMILES string of the molecule is CC.CF.Cc1ccc(C2(C(=O)O)CCN(C(=O)Cn3nc(C)c(Cl)c3C)CC2)cc1.FF. The van der Waals surface area contributed by atoms with Gasteiger partial charge in [0, 0.05) is 22.2 Å². The molecule has 33 heavy (non-hydrogen) atoms. The monoisotopic (exact) mass is 491 g/mol. The Bertz CT molecular complexity index is 881. The van der Waals surface area contributed by atoms with Gasteiger partial charge in [0.25, 0.3) is 0 Å². The second kappa shape index (κ2) is 14.6. The molecule has 6 nitrogen and oxygen atoms in total. The summed E-state index contributed by atoms with van der Waals surface area (Å²) in [5, 5.41) is 14.8. The fourth-order valence-corrected chi connectivity index (χ4v) is 3.83. The zero-order valence-corrected chi connectivity index (χ0v) is 20.7. The van der Waals surface area contributed by atoms with E-state index in [0.717, 1.165) is 16.8 Å². The number of carboxylic acid groups (broad SMARTS) is 1. The maximum Gasteiger partial charge on any atom is 0.314 e. The average Bonchev–Trinajstić information content (AvgIpc) is 3.09. The molecule has 0 spiro atoms. The number of hydrogen-bond donors (Lipinski definition) is 1. The lowest BCUT2D eigenvalue weighted by Crippen LogP contribution is -2.49. The first-order valence-corrected chi connectivity index (χ1v) is 10.9. The second-order valence-electron chi connectivity index (χ2n) is 7.28. The Labute approximate surface area is 198 Å². The zero-order valence-electron chi connectivity index (χ0n) is 20.0. The van der Waals surface area contributed by atoms with Crippen LogP contribution in [-0.2, 0) is 21.5 Å². The Balaban J connectivity index is 0.00000158. The molecule has 0 aliphatic carbocycles. The number of carboxylic acids is 1. The van der Waals surface area contributed by atoms with Crippen LogP contribution in [-0.4, -0.2) is 51.9 Å². The van der Waals surface area contributed by atoms with Crippen molar-refractivity contribution in [3.8, 4) is 0 Å². The molecule has 1 aromatic heterocycles. The number of alkyl halides is 1. The molecule has 1 fully saturated rings. The van der Waals surface area contributed by atoms with Crippen LogP contribution >= 0.6 is 11.6 Å². The van der Waals surface area contributed by atoms with Crippen LogP contribution in [0.1, 0.15) is 49.2 Å². The molecule has 10 heteroatoms. The average molecular weight is 492 g/mol. The van der Waals surface area contributed by atoms with E-state index >= 15 is 0 Å². The van der Waals surface area contributed by atoms with Gasteiger partial charge < -0.3 is 10.0 Å². The minimum atomic E-state index is -0.938. The van der Waals surface area contributed by atoms with Crippen LogP contribution in [0.25, 0.3) is 0 Å². The molecule has 1 aliphatic rings. The molecular formula is C23H33ClF3N3O3. The van der Waals surface area contributed by atoms with Crippen LogP contribution in [0.2, 0.25) is 5.02 Å². The van der Waals surface area contributed by atoms with E-state index in [1.165, 1.54) is 0 Å². The van der Waals surface area contributed by atoms with E-state index in [0.29, 0.717) is 43.8 Å². The normalized spacial score (nSPS) is 13.9. The Hall–Kier alpha value is -2.55. The molecule has 0 unspecified atom stereocenters. The number of piperidine rings is 1. The molecule has 1 N–H and O–H groups in total. The van der Waals surface area contributed by atoms with Gasteiger partial charge in [-0.2, -0.15) is 5.10 Å². The van der Waals surface area contributed by atoms with Gasteiger partial charge in [-0.15, -0.1) is 0 Å². The maximum atomic E-state index is 12.7. The molecule has 1 aliphatic heterocycles. The molecular weight excluding hydrogens is 459 g/mol. The molecule has 0 radical (unpaired) electrons. The first kappa shape index (κ1) is 30.4. The van der Waals surface area contributed by atoms with Crippen molar-refractivity contribution < 1.29 is 28.2 Å². The van der Waals surface area contributed by atoms with E-state index in [-0.39, 0.29) is 12.5 Å². The summed E-state index contributed by atoms with van der Waals surface area (Å²) in [6.45, 7) is 10.5. The number of hydrogen-bond acceptors (Lipinski definition) is 3. The zero-order chi connectivity index (χ0) is 25.8. The highest BCUT2D eigenvalue weighted by molar-refractivity contribution is 6.31. The van der Waals surface area contributed by atoms with Gasteiger partial charge in [0.2, 0.25) is 5.91 Å². The van der Waals surface area contributed by atoms with Gasteiger partial charge in [0.1, 0.15) is 6.54 Å². The number of aryl methyl sites for hydroxylation is 2. The highest BCUT2D eigenvalue weighted by atomic mass is 35.5. The van der Waals surface area contributed by atoms with Crippen molar-refractivity contribution in [2.75, 3.05) is 20.3 Å². The lowest BCUT2D eigenvalue weighted by Gasteiger charge is -2.39. The third kappa shape index (κ3) is 7.22. The van der Waals surface area contributed by atoms with Crippen LogP contribution in [0.3, 0.4) is 0 Å². The van der Waals surface area contributed by atoms with Gasteiger partial charge in [0.05, 0.1) is 29.0 Å². The van der Waals surface area contributed by atoms with Crippen LogP contribution in [0.4, 0.5) is 13.5 Å². The Kier molecular flexibility index (Phi) is 13.4. The summed E-state index contributed by atoms with van der Waals surface area (Å²) in [7, 11) is 0.500. The first-order chi connectivity index (χ1) is 15.7. The number of carbonyl (C=O) groups is 2. The summed E-state index contributed by atoms with van der Waals surface area (Å²) in [4.78, 5) is 26.5. The minimum Gasteiger partial charge on any atom is -0.481 e. The number of likely N-dealkylation sites (tertiary alicyclic amines) is 1. The van der Waals surface area contributed by atoms with Crippen molar-refractivity contribution >= 4 is 23.5 Å². The summed E-state index contributed by atoms with van der Waals surface area (Å²) < 4.78 is 27.1. The van der Waals surface area contributed by atoms with Gasteiger partial charge in [-0.05, 0) is 39.2 Å². The van der Waals surface area contributed by atoms with E-state index in [1.807, 2.05) is 52.0 Å². The van der Waals surface area contributed by atoms with Crippen molar-refractivity contribution in [3.05, 3.63) is 51.8 Å². The van der Waals surface area contributed by atoms with E-state index in [2.05, 4.69) is 5.10 Å². The van der Waals surface area contributed by atoms with E-state index in [1.54, 1.807) is 16.5 Å². The number of aromatic nitrogens is 2. The highest BCUT2D eigenvalue weighted by Crippen LogP contribution is 2.36. The molecule has 2 heterocycles.